The molecule has 0 unspecified atom stereocenters. The van der Waals surface area contributed by atoms with Crippen molar-refractivity contribution in [3.63, 3.8) is 0 Å². The maximum Gasteiger partial charge on any atom is 0.164 e. The van der Waals surface area contributed by atoms with Crippen LogP contribution in [0.15, 0.2) is 198 Å². The summed E-state index contributed by atoms with van der Waals surface area (Å²) >= 11 is 0. The van der Waals surface area contributed by atoms with Gasteiger partial charge in [0.15, 0.2) is 17.5 Å². The highest BCUT2D eigenvalue weighted by Crippen LogP contribution is 2.42. The number of fused-ring (bicyclic) bond motifs is 10. The number of hydrogen-bond donors (Lipinski definition) is 0. The van der Waals surface area contributed by atoms with Crippen LogP contribution in [0.1, 0.15) is 23.3 Å². The summed E-state index contributed by atoms with van der Waals surface area (Å²) in [5.41, 5.74) is 0.538. The fraction of sp³-hybridized carbons (Fsp3) is 0. The van der Waals surface area contributed by atoms with Crippen LogP contribution in [-0.2, 0) is 0 Å². The van der Waals surface area contributed by atoms with Crippen molar-refractivity contribution >= 4 is 65.3 Å². The lowest BCUT2D eigenvalue weighted by molar-refractivity contribution is 0.669. The third-order valence-electron chi connectivity index (χ3n) is 10.1. The minimum absolute atomic E-state index is 0.0374. The average Bonchev–Trinajstić information content (AvgIpc) is 4.09. The van der Waals surface area contributed by atoms with E-state index in [1.165, 1.54) is 6.07 Å². The molecule has 0 aliphatic rings. The zero-order valence-electron chi connectivity index (χ0n) is 46.9. The molecule has 0 saturated heterocycles. The minimum Gasteiger partial charge on any atom is -0.456 e. The molecule has 5 nitrogen and oxygen atoms in total. The first-order chi connectivity index (χ1) is 35.8. The Balaban J connectivity index is 1.13. The molecule has 0 radical (unpaired) electrons. The summed E-state index contributed by atoms with van der Waals surface area (Å²) in [6, 6.07) is 15.3. The molecular weight excluding hydrogens is 709 g/mol. The van der Waals surface area contributed by atoms with Crippen LogP contribution in [0.2, 0.25) is 0 Å². The second-order valence-electron chi connectivity index (χ2n) is 13.4. The molecule has 0 aliphatic carbocycles. The summed E-state index contributed by atoms with van der Waals surface area (Å²) in [6.45, 7) is 0. The molecule has 5 heteroatoms. The summed E-state index contributed by atoms with van der Waals surface area (Å²) in [5, 5.41) is -1.20. The molecule has 3 aromatic heterocycles. The van der Waals surface area contributed by atoms with Gasteiger partial charge in [-0.15, -0.1) is 0 Å². The van der Waals surface area contributed by atoms with Crippen LogP contribution >= 0.6 is 0 Å². The highest BCUT2D eigenvalue weighted by Gasteiger charge is 2.20. The summed E-state index contributed by atoms with van der Waals surface area (Å²) < 4.78 is 162. The van der Waals surface area contributed by atoms with E-state index in [1.54, 1.807) is 18.2 Å². The molecular formula is C53H32N4O. The van der Waals surface area contributed by atoms with Gasteiger partial charge in [0.1, 0.15) is 11.2 Å². The predicted molar refractivity (Wildman–Crippen MR) is 238 cm³/mol. The van der Waals surface area contributed by atoms with Gasteiger partial charge in [-0.05, 0) is 75.0 Å². The zero-order valence-corrected chi connectivity index (χ0v) is 29.9. The van der Waals surface area contributed by atoms with E-state index in [9.17, 15) is 9.60 Å². The highest BCUT2D eigenvalue weighted by molar-refractivity contribution is 6.28. The van der Waals surface area contributed by atoms with E-state index in [2.05, 4.69) is 0 Å². The molecule has 0 spiro atoms. The first-order valence-electron chi connectivity index (χ1n) is 26.6. The van der Waals surface area contributed by atoms with Crippen LogP contribution in [0.5, 0.6) is 0 Å². The molecule has 9 aromatic carbocycles. The normalized spacial score (nSPS) is 15.9. The number of benzene rings is 9. The number of nitrogens with zero attached hydrogens (tertiary/aromatic N) is 4. The van der Waals surface area contributed by atoms with E-state index in [1.807, 2.05) is 66.7 Å². The van der Waals surface area contributed by atoms with Crippen molar-refractivity contribution < 1.29 is 27.7 Å². The molecule has 0 amide bonds. The van der Waals surface area contributed by atoms with Gasteiger partial charge < -0.3 is 8.98 Å². The van der Waals surface area contributed by atoms with Gasteiger partial charge in [-0.2, -0.15) is 0 Å². The summed E-state index contributed by atoms with van der Waals surface area (Å²) in [6.07, 6.45) is 0. The number of rotatable bonds is 5. The molecule has 0 saturated carbocycles. The molecule has 0 aliphatic heterocycles. The standard InChI is InChI=1S/C53H32N4O/c1-3-14-36(15-4-1)51-54-52(37-16-5-2-6-17-37)56-53(55-51)43-20-11-21-46-48(43)42-29-24-38(32-47(42)58-46)33-22-27-39(28-23-33)57-44-30-25-34-12-7-9-18-40(34)49(44)50-41-19-10-8-13-35(41)26-31-45(50)57/h1-32H/i7D,8D,9D,10D,12D,13D,18D,19D,22D,23D,25D,26D,27D,28D,30D,31D,32D. The molecule has 3 heterocycles. The number of aromatic nitrogens is 4. The quantitative estimate of drug-likeness (QED) is 0.175. The lowest BCUT2D eigenvalue weighted by Crippen LogP contribution is -2.00. The van der Waals surface area contributed by atoms with Crippen LogP contribution < -0.4 is 0 Å². The SMILES string of the molecule is [2H]c1c([2H])c(-n2c3c([2H])c([2H])c4c([2H])c([2H])c([2H])c([2H])c4c3c3c4c([2H])c([2H])c([2H])c([2H])c4c([2H])c([2H])c32)c([2H])c([2H])c1-c1ccc2c(oc3cccc(-c4nc(-c5ccccc5)nc(-c5ccccc5)n4)c32)c1[2H]. The van der Waals surface area contributed by atoms with E-state index in [0.29, 0.717) is 39.4 Å². The van der Waals surface area contributed by atoms with Crippen LogP contribution in [0.4, 0.5) is 0 Å². The Labute approximate surface area is 357 Å². The van der Waals surface area contributed by atoms with Crippen LogP contribution in [-0.4, -0.2) is 19.5 Å². The third kappa shape index (κ3) is 5.07. The Kier molecular flexibility index (Phi) is 4.38. The molecule has 12 rings (SSSR count). The molecule has 270 valence electrons. The Morgan fingerprint density at radius 3 is 1.62 bits per heavy atom. The van der Waals surface area contributed by atoms with Gasteiger partial charge in [0, 0.05) is 43.9 Å². The molecule has 12 aromatic rings. The van der Waals surface area contributed by atoms with E-state index in [4.69, 9.17) is 33.1 Å². The molecule has 0 atom stereocenters. The molecule has 0 N–H and O–H groups in total. The largest absolute Gasteiger partial charge is 0.456 e. The monoisotopic (exact) mass is 757 g/mol. The Bertz CT molecular complexity index is 4350. The van der Waals surface area contributed by atoms with E-state index >= 15 is 0 Å². The van der Waals surface area contributed by atoms with Gasteiger partial charge in [-0.25, -0.2) is 15.0 Å². The summed E-state index contributed by atoms with van der Waals surface area (Å²) in [5.74, 6) is 1.15. The Morgan fingerprint density at radius 2 is 1.00 bits per heavy atom. The van der Waals surface area contributed by atoms with Gasteiger partial charge in [-0.3, -0.25) is 0 Å². The van der Waals surface area contributed by atoms with Gasteiger partial charge in [0.05, 0.1) is 34.3 Å². The first kappa shape index (κ1) is 19.8. The van der Waals surface area contributed by atoms with E-state index in [-0.39, 0.29) is 44.3 Å². The smallest absolute Gasteiger partial charge is 0.164 e. The van der Waals surface area contributed by atoms with Crippen molar-refractivity contribution in [3.8, 4) is 51.0 Å². The van der Waals surface area contributed by atoms with Crippen molar-refractivity contribution in [2.24, 2.45) is 0 Å². The van der Waals surface area contributed by atoms with Crippen molar-refractivity contribution in [2.45, 2.75) is 0 Å². The maximum absolute atomic E-state index is 9.63. The molecule has 0 bridgehead atoms. The van der Waals surface area contributed by atoms with E-state index < -0.39 is 124 Å². The fourth-order valence-electron chi connectivity index (χ4n) is 7.52. The lowest BCUT2D eigenvalue weighted by Gasteiger charge is -2.10. The maximum atomic E-state index is 9.63. The van der Waals surface area contributed by atoms with Gasteiger partial charge >= 0.3 is 0 Å². The molecule has 58 heavy (non-hydrogen) atoms. The first-order valence-corrected chi connectivity index (χ1v) is 18.1. The van der Waals surface area contributed by atoms with Crippen molar-refractivity contribution in [1.82, 2.24) is 19.5 Å². The Hall–Kier alpha value is -7.89. The lowest BCUT2D eigenvalue weighted by atomic mass is 10.00. The van der Waals surface area contributed by atoms with Crippen molar-refractivity contribution in [2.75, 3.05) is 0 Å². The Morgan fingerprint density at radius 1 is 0.414 bits per heavy atom. The second kappa shape index (κ2) is 12.8. The van der Waals surface area contributed by atoms with E-state index in [0.717, 1.165) is 15.7 Å². The van der Waals surface area contributed by atoms with Crippen LogP contribution in [0, 0.1) is 0 Å². The predicted octanol–water partition coefficient (Wildman–Crippen LogP) is 13.8. The molecule has 0 fully saturated rings. The van der Waals surface area contributed by atoms with Crippen molar-refractivity contribution in [3.05, 3.63) is 194 Å². The highest BCUT2D eigenvalue weighted by atomic mass is 16.3. The minimum atomic E-state index is -0.781. The number of furan rings is 1. The second-order valence-corrected chi connectivity index (χ2v) is 13.4. The van der Waals surface area contributed by atoms with Gasteiger partial charge in [0.25, 0.3) is 0 Å². The van der Waals surface area contributed by atoms with Crippen molar-refractivity contribution in [1.29, 1.82) is 0 Å². The summed E-state index contributed by atoms with van der Waals surface area (Å²) in [7, 11) is 0. The van der Waals surface area contributed by atoms with Gasteiger partial charge in [0.2, 0.25) is 0 Å². The third-order valence-corrected chi connectivity index (χ3v) is 10.1. The summed E-state index contributed by atoms with van der Waals surface area (Å²) in [4.78, 5) is 14.6. The average molecular weight is 758 g/mol. The topological polar surface area (TPSA) is 56.7 Å². The van der Waals surface area contributed by atoms with Gasteiger partial charge in [-0.1, -0.05) is 151 Å². The zero-order chi connectivity index (χ0) is 53.0. The fourth-order valence-corrected chi connectivity index (χ4v) is 7.52. The number of hydrogen-bond acceptors (Lipinski definition) is 4. The van der Waals surface area contributed by atoms with Crippen LogP contribution in [0.3, 0.4) is 0 Å². The van der Waals surface area contributed by atoms with Crippen LogP contribution in [0.25, 0.3) is 116 Å².